The van der Waals surface area contributed by atoms with E-state index < -0.39 is 12.1 Å². The summed E-state index contributed by atoms with van der Waals surface area (Å²) in [5, 5.41) is 17.2. The summed E-state index contributed by atoms with van der Waals surface area (Å²) in [6.07, 6.45) is 2.12. The smallest absolute Gasteiger partial charge is 0.332 e. The quantitative estimate of drug-likeness (QED) is 0.505. The van der Waals surface area contributed by atoms with E-state index in [1.165, 1.54) is 12.1 Å². The number of H-pyrrole nitrogens is 1. The minimum absolute atomic E-state index is 0.0186. The summed E-state index contributed by atoms with van der Waals surface area (Å²) >= 11 is 0. The Morgan fingerprint density at radius 3 is 2.71 bits per heavy atom. The molecular weight excluding hydrogens is 399 g/mol. The van der Waals surface area contributed by atoms with E-state index >= 15 is 0 Å². The molecule has 0 aliphatic carbocycles. The molecule has 1 aliphatic heterocycles. The maximum atomic E-state index is 13.6. The second-order valence-electron chi connectivity index (χ2n) is 8.36. The zero-order valence-electron chi connectivity index (χ0n) is 17.3. The zero-order valence-corrected chi connectivity index (χ0v) is 17.3. The standard InChI is InChI=1S/C23H23FN4O3/c1-12(2)21-19(13-3-8-18(23(29)30)31-11-13)20-17(9-14-10-25-27-22(14)26-20)28(21)16-6-4-15(24)5-7-16/h4-7,9-10,12-13,18H,3,8,11H2,1-2H3,(H,29,30)(H,25,26,27)/t13-,18+/m0/s1. The molecule has 4 heterocycles. The molecule has 0 saturated carbocycles. The van der Waals surface area contributed by atoms with Crippen LogP contribution in [0.15, 0.2) is 36.5 Å². The summed E-state index contributed by atoms with van der Waals surface area (Å²) in [7, 11) is 0. The van der Waals surface area contributed by atoms with Gasteiger partial charge in [-0.2, -0.15) is 5.10 Å². The van der Waals surface area contributed by atoms with Crippen LogP contribution >= 0.6 is 0 Å². The number of nitrogens with one attached hydrogen (secondary N) is 1. The summed E-state index contributed by atoms with van der Waals surface area (Å²) in [5.41, 5.74) is 5.45. The van der Waals surface area contributed by atoms with E-state index in [1.807, 2.05) is 6.07 Å². The first-order chi connectivity index (χ1) is 14.9. The maximum Gasteiger partial charge on any atom is 0.332 e. The van der Waals surface area contributed by atoms with Crippen LogP contribution in [0.25, 0.3) is 27.8 Å². The van der Waals surface area contributed by atoms with Gasteiger partial charge >= 0.3 is 5.97 Å². The molecule has 0 bridgehead atoms. The average molecular weight is 422 g/mol. The summed E-state index contributed by atoms with van der Waals surface area (Å²) in [6.45, 7) is 4.56. The van der Waals surface area contributed by atoms with Crippen molar-refractivity contribution in [2.75, 3.05) is 6.61 Å². The fourth-order valence-corrected chi connectivity index (χ4v) is 4.62. The van der Waals surface area contributed by atoms with Crippen LogP contribution in [0.4, 0.5) is 4.39 Å². The summed E-state index contributed by atoms with van der Waals surface area (Å²) in [6, 6.07) is 8.49. The zero-order chi connectivity index (χ0) is 21.7. The molecule has 2 N–H and O–H groups in total. The number of nitrogens with zero attached hydrogens (tertiary/aromatic N) is 3. The van der Waals surface area contributed by atoms with E-state index in [-0.39, 0.29) is 17.7 Å². The molecule has 0 radical (unpaired) electrons. The van der Waals surface area contributed by atoms with Crippen molar-refractivity contribution >= 4 is 28.0 Å². The van der Waals surface area contributed by atoms with Crippen molar-refractivity contribution in [2.24, 2.45) is 0 Å². The van der Waals surface area contributed by atoms with Crippen LogP contribution < -0.4 is 0 Å². The highest BCUT2D eigenvalue weighted by molar-refractivity contribution is 5.93. The van der Waals surface area contributed by atoms with Crippen molar-refractivity contribution in [1.82, 2.24) is 19.7 Å². The number of rotatable bonds is 4. The molecule has 4 aromatic rings. The number of aliphatic carboxylic acids is 1. The molecule has 3 aromatic heterocycles. The largest absolute Gasteiger partial charge is 0.479 e. The average Bonchev–Trinajstić information content (AvgIpc) is 3.34. The number of carboxylic acid groups (broad SMARTS) is 1. The first-order valence-corrected chi connectivity index (χ1v) is 10.4. The van der Waals surface area contributed by atoms with Crippen LogP contribution in [-0.2, 0) is 9.53 Å². The molecule has 160 valence electrons. The third kappa shape index (κ3) is 3.27. The van der Waals surface area contributed by atoms with Crippen molar-refractivity contribution in [3.05, 3.63) is 53.6 Å². The lowest BCUT2D eigenvalue weighted by atomic mass is 9.88. The molecule has 1 aliphatic rings. The van der Waals surface area contributed by atoms with E-state index in [9.17, 15) is 14.3 Å². The van der Waals surface area contributed by atoms with Crippen molar-refractivity contribution in [2.45, 2.75) is 44.6 Å². The number of ether oxygens (including phenoxy) is 1. The maximum absolute atomic E-state index is 13.6. The normalized spacial score (nSPS) is 19.5. The van der Waals surface area contributed by atoms with E-state index in [0.29, 0.717) is 25.1 Å². The molecule has 7 nitrogen and oxygen atoms in total. The van der Waals surface area contributed by atoms with Crippen LogP contribution in [0, 0.1) is 5.82 Å². The third-order valence-corrected chi connectivity index (χ3v) is 6.01. The van der Waals surface area contributed by atoms with Gasteiger partial charge in [0.1, 0.15) is 5.82 Å². The molecule has 0 amide bonds. The van der Waals surface area contributed by atoms with Gasteiger partial charge in [-0.05, 0) is 49.1 Å². The molecule has 31 heavy (non-hydrogen) atoms. The number of hydrogen-bond donors (Lipinski definition) is 2. The van der Waals surface area contributed by atoms with Gasteiger partial charge in [-0.25, -0.2) is 14.2 Å². The molecular formula is C23H23FN4O3. The van der Waals surface area contributed by atoms with Crippen LogP contribution in [0.1, 0.15) is 49.8 Å². The van der Waals surface area contributed by atoms with Crippen LogP contribution in [0.2, 0.25) is 0 Å². The highest BCUT2D eigenvalue weighted by Gasteiger charge is 2.33. The number of pyridine rings is 1. The monoisotopic (exact) mass is 422 g/mol. The van der Waals surface area contributed by atoms with Crippen molar-refractivity contribution in [3.63, 3.8) is 0 Å². The molecule has 8 heteroatoms. The molecule has 1 aromatic carbocycles. The lowest BCUT2D eigenvalue weighted by Gasteiger charge is -2.28. The Morgan fingerprint density at radius 2 is 2.06 bits per heavy atom. The minimum Gasteiger partial charge on any atom is -0.479 e. The number of halogens is 1. The SMILES string of the molecule is CC(C)c1c([C@H]2CC[C@H](C(=O)O)OC2)c2nc3[nH]ncc3cc2n1-c1ccc(F)cc1. The highest BCUT2D eigenvalue weighted by Crippen LogP contribution is 2.41. The van der Waals surface area contributed by atoms with Crippen molar-refractivity contribution in [3.8, 4) is 5.69 Å². The van der Waals surface area contributed by atoms with Gasteiger partial charge < -0.3 is 14.4 Å². The second-order valence-corrected chi connectivity index (χ2v) is 8.36. The Kier molecular flexibility index (Phi) is 4.74. The van der Waals surface area contributed by atoms with Gasteiger partial charge in [0.2, 0.25) is 0 Å². The molecule has 2 atom stereocenters. The lowest BCUT2D eigenvalue weighted by Crippen LogP contribution is -2.31. The van der Waals surface area contributed by atoms with E-state index in [4.69, 9.17) is 9.72 Å². The van der Waals surface area contributed by atoms with Gasteiger partial charge in [0.25, 0.3) is 0 Å². The Morgan fingerprint density at radius 1 is 1.29 bits per heavy atom. The number of benzene rings is 1. The summed E-state index contributed by atoms with van der Waals surface area (Å²) < 4.78 is 21.5. The Labute approximate surface area is 177 Å². The molecule has 1 saturated heterocycles. The minimum atomic E-state index is -0.923. The van der Waals surface area contributed by atoms with Gasteiger partial charge in [-0.15, -0.1) is 0 Å². The third-order valence-electron chi connectivity index (χ3n) is 6.01. The van der Waals surface area contributed by atoms with Gasteiger partial charge in [-0.1, -0.05) is 13.8 Å². The number of carbonyl (C=O) groups is 1. The van der Waals surface area contributed by atoms with E-state index in [2.05, 4.69) is 28.6 Å². The number of aromatic nitrogens is 4. The topological polar surface area (TPSA) is 93.0 Å². The number of hydrogen-bond acceptors (Lipinski definition) is 4. The Balaban J connectivity index is 1.76. The van der Waals surface area contributed by atoms with Crippen LogP contribution in [0.5, 0.6) is 0 Å². The summed E-state index contributed by atoms with van der Waals surface area (Å²) in [5.74, 6) is -1.04. The number of fused-ring (bicyclic) bond motifs is 2. The predicted octanol–water partition coefficient (Wildman–Crippen LogP) is 4.51. The summed E-state index contributed by atoms with van der Waals surface area (Å²) in [4.78, 5) is 16.2. The van der Waals surface area contributed by atoms with Crippen molar-refractivity contribution < 1.29 is 19.0 Å². The van der Waals surface area contributed by atoms with E-state index in [0.717, 1.165) is 33.4 Å². The van der Waals surface area contributed by atoms with E-state index in [1.54, 1.807) is 18.3 Å². The Bertz CT molecular complexity index is 1270. The van der Waals surface area contributed by atoms with Gasteiger partial charge in [-0.3, -0.25) is 5.10 Å². The van der Waals surface area contributed by atoms with Gasteiger partial charge in [0, 0.05) is 28.2 Å². The second kappa shape index (κ2) is 7.46. The predicted molar refractivity (Wildman–Crippen MR) is 114 cm³/mol. The highest BCUT2D eigenvalue weighted by atomic mass is 19.1. The van der Waals surface area contributed by atoms with Gasteiger partial charge in [0.15, 0.2) is 11.8 Å². The van der Waals surface area contributed by atoms with Crippen LogP contribution in [0.3, 0.4) is 0 Å². The molecule has 0 spiro atoms. The lowest BCUT2D eigenvalue weighted by molar-refractivity contribution is -0.153. The van der Waals surface area contributed by atoms with Crippen molar-refractivity contribution in [1.29, 1.82) is 0 Å². The van der Waals surface area contributed by atoms with Gasteiger partial charge in [0.05, 0.1) is 23.8 Å². The first kappa shape index (κ1) is 19.7. The first-order valence-electron chi connectivity index (χ1n) is 10.4. The Hall–Kier alpha value is -3.26. The fourth-order valence-electron chi connectivity index (χ4n) is 4.62. The fraction of sp³-hybridized carbons (Fsp3) is 0.348. The van der Waals surface area contributed by atoms with Crippen LogP contribution in [-0.4, -0.2) is 43.5 Å². The number of carboxylic acids is 1. The number of aromatic amines is 1. The molecule has 5 rings (SSSR count). The molecule has 1 fully saturated rings. The molecule has 0 unspecified atom stereocenters.